The van der Waals surface area contributed by atoms with Crippen LogP contribution in [0.25, 0.3) is 0 Å². The highest BCUT2D eigenvalue weighted by Crippen LogP contribution is 2.46. The SMILES string of the molecule is COCC(C)N1C(=O)C2(CC2)NC1c1ccc(SC)cc1. The molecule has 0 bridgehead atoms. The van der Waals surface area contributed by atoms with Crippen molar-refractivity contribution in [2.45, 2.75) is 42.4 Å². The summed E-state index contributed by atoms with van der Waals surface area (Å²) in [7, 11) is 1.68. The summed E-state index contributed by atoms with van der Waals surface area (Å²) < 4.78 is 5.25. The highest BCUT2D eigenvalue weighted by Gasteiger charge is 2.60. The molecule has 0 radical (unpaired) electrons. The van der Waals surface area contributed by atoms with Crippen molar-refractivity contribution >= 4 is 17.7 Å². The molecule has 2 fully saturated rings. The zero-order valence-electron chi connectivity index (χ0n) is 12.8. The zero-order chi connectivity index (χ0) is 15.0. The number of hydrogen-bond donors (Lipinski definition) is 1. The molecule has 1 aromatic carbocycles. The van der Waals surface area contributed by atoms with Gasteiger partial charge in [-0.05, 0) is 43.7 Å². The lowest BCUT2D eigenvalue weighted by molar-refractivity contribution is -0.133. The Bertz CT molecular complexity index is 528. The molecule has 2 unspecified atom stereocenters. The maximum Gasteiger partial charge on any atom is 0.244 e. The van der Waals surface area contributed by atoms with Crippen LogP contribution < -0.4 is 5.32 Å². The van der Waals surface area contributed by atoms with Crippen molar-refractivity contribution in [2.75, 3.05) is 20.0 Å². The van der Waals surface area contributed by atoms with Crippen molar-refractivity contribution in [2.24, 2.45) is 0 Å². The van der Waals surface area contributed by atoms with Gasteiger partial charge in [0.2, 0.25) is 5.91 Å². The summed E-state index contributed by atoms with van der Waals surface area (Å²) >= 11 is 1.73. The molecule has 2 atom stereocenters. The van der Waals surface area contributed by atoms with E-state index in [0.29, 0.717) is 6.61 Å². The fraction of sp³-hybridized carbons (Fsp3) is 0.562. The van der Waals surface area contributed by atoms with Gasteiger partial charge in [-0.15, -0.1) is 11.8 Å². The quantitative estimate of drug-likeness (QED) is 0.848. The zero-order valence-corrected chi connectivity index (χ0v) is 13.6. The van der Waals surface area contributed by atoms with E-state index in [4.69, 9.17) is 4.74 Å². The number of nitrogens with one attached hydrogen (secondary N) is 1. The molecule has 1 heterocycles. The standard InChI is InChI=1S/C16H22N2O2S/c1-11(10-20-2)18-14(17-16(8-9-16)15(18)19)12-4-6-13(21-3)7-5-12/h4-7,11,14,17H,8-10H2,1-3H3. The Morgan fingerprint density at radius 3 is 2.62 bits per heavy atom. The summed E-state index contributed by atoms with van der Waals surface area (Å²) in [6, 6.07) is 8.53. The van der Waals surface area contributed by atoms with Crippen molar-refractivity contribution in [1.29, 1.82) is 0 Å². The molecule has 5 heteroatoms. The van der Waals surface area contributed by atoms with Gasteiger partial charge in [0.25, 0.3) is 0 Å². The van der Waals surface area contributed by atoms with Crippen LogP contribution in [0.5, 0.6) is 0 Å². The molecule has 1 aromatic rings. The molecular weight excluding hydrogens is 284 g/mol. The molecule has 1 saturated carbocycles. The van der Waals surface area contributed by atoms with E-state index in [0.717, 1.165) is 18.4 Å². The van der Waals surface area contributed by atoms with Gasteiger partial charge >= 0.3 is 0 Å². The number of amides is 1. The summed E-state index contributed by atoms with van der Waals surface area (Å²) in [6.45, 7) is 2.61. The second kappa shape index (κ2) is 5.63. The minimum Gasteiger partial charge on any atom is -0.383 e. The number of rotatable bonds is 5. The number of ether oxygens (including phenoxy) is 1. The van der Waals surface area contributed by atoms with Crippen molar-refractivity contribution < 1.29 is 9.53 Å². The average molecular weight is 306 g/mol. The number of hydrogen-bond acceptors (Lipinski definition) is 4. The second-order valence-electron chi connectivity index (χ2n) is 5.92. The number of thioether (sulfide) groups is 1. The largest absolute Gasteiger partial charge is 0.383 e. The lowest BCUT2D eigenvalue weighted by Gasteiger charge is -2.30. The van der Waals surface area contributed by atoms with Crippen LogP contribution in [-0.2, 0) is 9.53 Å². The number of carbonyl (C=O) groups is 1. The summed E-state index contributed by atoms with van der Waals surface area (Å²) in [5.41, 5.74) is 0.845. The molecule has 1 N–H and O–H groups in total. The van der Waals surface area contributed by atoms with Gasteiger partial charge in [0, 0.05) is 12.0 Å². The molecule has 1 aliphatic carbocycles. The first-order valence-electron chi connectivity index (χ1n) is 7.34. The van der Waals surface area contributed by atoms with Crippen LogP contribution in [0.3, 0.4) is 0 Å². The first-order chi connectivity index (χ1) is 10.1. The van der Waals surface area contributed by atoms with Crippen LogP contribution in [0.1, 0.15) is 31.5 Å². The fourth-order valence-corrected chi connectivity index (χ4v) is 3.46. The lowest BCUT2D eigenvalue weighted by Crippen LogP contribution is -2.41. The first-order valence-corrected chi connectivity index (χ1v) is 8.57. The molecule has 3 rings (SSSR count). The first kappa shape index (κ1) is 14.9. The molecule has 114 valence electrons. The minimum absolute atomic E-state index is 0.0407. The number of methoxy groups -OCH3 is 1. The summed E-state index contributed by atoms with van der Waals surface area (Å²) in [5.74, 6) is 0.228. The van der Waals surface area contributed by atoms with Crippen molar-refractivity contribution in [3.63, 3.8) is 0 Å². The van der Waals surface area contributed by atoms with E-state index in [1.165, 1.54) is 4.90 Å². The Balaban J connectivity index is 1.88. The van der Waals surface area contributed by atoms with Crippen LogP contribution in [0.15, 0.2) is 29.2 Å². The third-order valence-corrected chi connectivity index (χ3v) is 5.14. The maximum absolute atomic E-state index is 12.7. The molecular formula is C16H22N2O2S. The summed E-state index contributed by atoms with van der Waals surface area (Å²) in [5, 5.41) is 3.55. The molecule has 4 nitrogen and oxygen atoms in total. The van der Waals surface area contributed by atoms with Crippen LogP contribution >= 0.6 is 11.8 Å². The van der Waals surface area contributed by atoms with Gasteiger partial charge in [0.15, 0.2) is 0 Å². The second-order valence-corrected chi connectivity index (χ2v) is 6.80. The van der Waals surface area contributed by atoms with Crippen molar-refractivity contribution in [1.82, 2.24) is 10.2 Å². The van der Waals surface area contributed by atoms with Crippen LogP contribution in [0.2, 0.25) is 0 Å². The highest BCUT2D eigenvalue weighted by molar-refractivity contribution is 7.98. The molecule has 1 amide bonds. The molecule has 2 aliphatic rings. The maximum atomic E-state index is 12.7. The Hall–Kier alpha value is -1.04. The highest BCUT2D eigenvalue weighted by atomic mass is 32.2. The Morgan fingerprint density at radius 2 is 2.10 bits per heavy atom. The number of carbonyl (C=O) groups excluding carboxylic acids is 1. The van der Waals surface area contributed by atoms with Gasteiger partial charge in [0.1, 0.15) is 11.7 Å². The van der Waals surface area contributed by atoms with E-state index in [-0.39, 0.29) is 23.7 Å². The van der Waals surface area contributed by atoms with Gasteiger partial charge < -0.3 is 9.64 Å². The molecule has 1 spiro atoms. The predicted octanol–water partition coefficient (Wildman–Crippen LogP) is 2.41. The Labute approximate surface area is 130 Å². The number of benzene rings is 1. The minimum atomic E-state index is -0.301. The molecule has 1 saturated heterocycles. The Morgan fingerprint density at radius 1 is 1.43 bits per heavy atom. The third kappa shape index (κ3) is 2.58. The van der Waals surface area contributed by atoms with Crippen molar-refractivity contribution in [3.8, 4) is 0 Å². The van der Waals surface area contributed by atoms with Gasteiger partial charge in [0.05, 0.1) is 12.6 Å². The summed E-state index contributed by atoms with van der Waals surface area (Å²) in [4.78, 5) is 15.9. The predicted molar refractivity (Wildman–Crippen MR) is 84.2 cm³/mol. The lowest BCUT2D eigenvalue weighted by atomic mass is 10.1. The summed E-state index contributed by atoms with van der Waals surface area (Å²) in [6.07, 6.45) is 3.92. The molecule has 1 aliphatic heterocycles. The normalized spacial score (nSPS) is 24.6. The van der Waals surface area contributed by atoms with Crippen molar-refractivity contribution in [3.05, 3.63) is 29.8 Å². The average Bonchev–Trinajstić information content (AvgIpc) is 3.21. The Kier molecular flexibility index (Phi) is 3.99. The van der Waals surface area contributed by atoms with E-state index in [1.807, 2.05) is 11.8 Å². The molecule has 21 heavy (non-hydrogen) atoms. The van der Waals surface area contributed by atoms with E-state index >= 15 is 0 Å². The monoisotopic (exact) mass is 306 g/mol. The van der Waals surface area contributed by atoms with Gasteiger partial charge in [-0.1, -0.05) is 12.1 Å². The van der Waals surface area contributed by atoms with Gasteiger partial charge in [-0.3, -0.25) is 10.1 Å². The smallest absolute Gasteiger partial charge is 0.244 e. The molecule has 0 aromatic heterocycles. The van der Waals surface area contributed by atoms with Gasteiger partial charge in [-0.2, -0.15) is 0 Å². The van der Waals surface area contributed by atoms with E-state index in [2.05, 4.69) is 35.8 Å². The number of nitrogens with zero attached hydrogens (tertiary/aromatic N) is 1. The van der Waals surface area contributed by atoms with Crippen LogP contribution in [0, 0.1) is 0 Å². The fourth-order valence-electron chi connectivity index (χ4n) is 3.05. The van der Waals surface area contributed by atoms with Gasteiger partial charge in [-0.25, -0.2) is 0 Å². The van der Waals surface area contributed by atoms with Crippen LogP contribution in [0.4, 0.5) is 0 Å². The van der Waals surface area contributed by atoms with E-state index < -0.39 is 0 Å². The van der Waals surface area contributed by atoms with E-state index in [9.17, 15) is 4.79 Å². The van der Waals surface area contributed by atoms with E-state index in [1.54, 1.807) is 18.9 Å². The topological polar surface area (TPSA) is 41.6 Å². The third-order valence-electron chi connectivity index (χ3n) is 4.40. The van der Waals surface area contributed by atoms with Crippen LogP contribution in [-0.4, -0.2) is 42.4 Å².